The van der Waals surface area contributed by atoms with E-state index >= 15 is 0 Å². The number of anilines is 1. The van der Waals surface area contributed by atoms with Gasteiger partial charge in [-0.05, 0) is 49.4 Å². The van der Waals surface area contributed by atoms with Crippen molar-refractivity contribution in [1.82, 2.24) is 14.3 Å². The number of imidazole rings is 1. The summed E-state index contributed by atoms with van der Waals surface area (Å²) in [6, 6.07) is 14.6. The summed E-state index contributed by atoms with van der Waals surface area (Å²) >= 11 is 0. The van der Waals surface area contributed by atoms with E-state index in [2.05, 4.69) is 9.97 Å². The first-order valence-electron chi connectivity index (χ1n) is 11.0. The average Bonchev–Trinajstić information content (AvgIpc) is 3.11. The maximum atomic E-state index is 13.6. The molecule has 0 bridgehead atoms. The molecule has 34 heavy (non-hydrogen) atoms. The highest BCUT2D eigenvalue weighted by atomic mass is 32.2. The van der Waals surface area contributed by atoms with Crippen molar-refractivity contribution in [2.45, 2.75) is 51.3 Å². The molecule has 1 atom stereocenters. The van der Waals surface area contributed by atoms with Crippen molar-refractivity contribution < 1.29 is 21.6 Å². The van der Waals surface area contributed by atoms with Gasteiger partial charge >= 0.3 is 15.5 Å². The number of H-pyrrole nitrogens is 1. The molecule has 0 aliphatic carbocycles. The van der Waals surface area contributed by atoms with Crippen LogP contribution in [0.3, 0.4) is 0 Å². The second-order valence-electron chi connectivity index (χ2n) is 8.60. The van der Waals surface area contributed by atoms with Crippen LogP contribution >= 0.6 is 0 Å². The highest BCUT2D eigenvalue weighted by Crippen LogP contribution is 2.37. The molecule has 0 unspecified atom stereocenters. The van der Waals surface area contributed by atoms with E-state index in [4.69, 9.17) is 0 Å². The Hall–Kier alpha value is -2.85. The summed E-state index contributed by atoms with van der Waals surface area (Å²) in [6.07, 6.45) is 2.66. The van der Waals surface area contributed by atoms with E-state index < -0.39 is 21.6 Å². The minimum absolute atomic E-state index is 0.272. The van der Waals surface area contributed by atoms with Crippen LogP contribution in [0.1, 0.15) is 34.5 Å². The van der Waals surface area contributed by atoms with Crippen LogP contribution in [0.4, 0.5) is 18.9 Å². The van der Waals surface area contributed by atoms with Crippen molar-refractivity contribution in [2.24, 2.45) is 0 Å². The predicted molar refractivity (Wildman–Crippen MR) is 125 cm³/mol. The number of fused-ring (bicyclic) bond motifs is 1. The van der Waals surface area contributed by atoms with Gasteiger partial charge in [-0.25, -0.2) is 13.4 Å². The largest absolute Gasteiger partial charge is 0.511 e. The average molecular weight is 493 g/mol. The zero-order valence-corrected chi connectivity index (χ0v) is 19.8. The van der Waals surface area contributed by atoms with Crippen LogP contribution in [0.15, 0.2) is 54.9 Å². The Balaban J connectivity index is 1.79. The third-order valence-electron chi connectivity index (χ3n) is 6.38. The lowest BCUT2D eigenvalue weighted by Gasteiger charge is -2.34. The Morgan fingerprint density at radius 3 is 2.47 bits per heavy atom. The Bertz CT molecular complexity index is 1240. The number of aromatic amines is 1. The van der Waals surface area contributed by atoms with E-state index in [1.807, 2.05) is 54.3 Å². The molecule has 1 aromatic heterocycles. The van der Waals surface area contributed by atoms with Gasteiger partial charge in [-0.2, -0.15) is 17.5 Å². The van der Waals surface area contributed by atoms with Crippen LogP contribution < -0.4 is 4.90 Å². The third-order valence-corrected chi connectivity index (χ3v) is 7.92. The molecule has 4 rings (SSSR count). The summed E-state index contributed by atoms with van der Waals surface area (Å²) in [4.78, 5) is 9.44. The van der Waals surface area contributed by atoms with Crippen LogP contribution in [0.25, 0.3) is 0 Å². The smallest absolute Gasteiger partial charge is 0.361 e. The Morgan fingerprint density at radius 2 is 1.82 bits per heavy atom. The summed E-state index contributed by atoms with van der Waals surface area (Å²) in [6.45, 7) is 3.43. The SMILES string of the molecule is Cc1cccc2c1CN(S(=O)(=O)C(F)(F)F)C[C@@H](CCc1ccccc1)N2Cc1nc[nH]c1C. The highest BCUT2D eigenvalue weighted by molar-refractivity contribution is 7.89. The van der Waals surface area contributed by atoms with Crippen molar-refractivity contribution in [3.63, 3.8) is 0 Å². The molecule has 0 saturated heterocycles. The van der Waals surface area contributed by atoms with Gasteiger partial charge in [0, 0.05) is 30.5 Å². The lowest BCUT2D eigenvalue weighted by molar-refractivity contribution is -0.0492. The Kier molecular flexibility index (Phi) is 6.73. The fraction of sp³-hybridized carbons (Fsp3) is 0.375. The summed E-state index contributed by atoms with van der Waals surface area (Å²) in [5.41, 5.74) is -0.645. The topological polar surface area (TPSA) is 69.3 Å². The molecule has 0 amide bonds. The van der Waals surface area contributed by atoms with Gasteiger partial charge < -0.3 is 9.88 Å². The van der Waals surface area contributed by atoms with Crippen LogP contribution in [0.5, 0.6) is 0 Å². The van der Waals surface area contributed by atoms with E-state index in [-0.39, 0.29) is 13.1 Å². The number of sulfonamides is 1. The van der Waals surface area contributed by atoms with Crippen molar-refractivity contribution >= 4 is 15.7 Å². The third kappa shape index (κ3) is 4.83. The number of hydrogen-bond acceptors (Lipinski definition) is 4. The summed E-state index contributed by atoms with van der Waals surface area (Å²) in [7, 11) is -5.51. The van der Waals surface area contributed by atoms with E-state index in [1.165, 1.54) is 0 Å². The summed E-state index contributed by atoms with van der Waals surface area (Å²) in [5.74, 6) is 0. The van der Waals surface area contributed by atoms with Crippen LogP contribution in [-0.4, -0.2) is 40.8 Å². The van der Waals surface area contributed by atoms with E-state index in [9.17, 15) is 21.6 Å². The standard InChI is InChI=1S/C24H27F3N4O2S/c1-17-7-6-10-23-21(17)14-30(34(32,33)24(25,26)27)13-20(12-11-19-8-4-3-5-9-19)31(23)15-22-18(2)28-16-29-22/h3-10,16,20H,11-15H2,1-2H3,(H,28,29)/t20-/m1/s1. The molecule has 1 aliphatic heterocycles. The number of aryl methyl sites for hydroxylation is 3. The second kappa shape index (κ2) is 9.42. The molecule has 1 aliphatic rings. The zero-order chi connectivity index (χ0) is 24.5. The number of hydrogen-bond donors (Lipinski definition) is 1. The first-order chi connectivity index (χ1) is 16.1. The Labute approximate surface area is 197 Å². The molecule has 2 aromatic carbocycles. The van der Waals surface area contributed by atoms with Crippen molar-refractivity contribution in [3.05, 3.63) is 82.9 Å². The summed E-state index contributed by atoms with van der Waals surface area (Å²) < 4.78 is 66.5. The molecular formula is C24H27F3N4O2S. The van der Waals surface area contributed by atoms with Gasteiger partial charge in [-0.1, -0.05) is 42.5 Å². The van der Waals surface area contributed by atoms with Gasteiger partial charge in [-0.15, -0.1) is 0 Å². The second-order valence-corrected chi connectivity index (χ2v) is 10.5. The van der Waals surface area contributed by atoms with Crippen molar-refractivity contribution in [1.29, 1.82) is 0 Å². The molecule has 0 saturated carbocycles. The maximum absolute atomic E-state index is 13.6. The van der Waals surface area contributed by atoms with E-state index in [1.54, 1.807) is 19.3 Å². The summed E-state index contributed by atoms with van der Waals surface area (Å²) in [5, 5.41) is 0. The van der Waals surface area contributed by atoms with E-state index in [0.29, 0.717) is 29.3 Å². The molecule has 0 radical (unpaired) electrons. The number of nitrogens with zero attached hydrogens (tertiary/aromatic N) is 3. The van der Waals surface area contributed by atoms with Gasteiger partial charge in [0.15, 0.2) is 0 Å². The van der Waals surface area contributed by atoms with Crippen molar-refractivity contribution in [2.75, 3.05) is 11.4 Å². The number of halogens is 3. The predicted octanol–water partition coefficient (Wildman–Crippen LogP) is 4.70. The molecule has 0 fully saturated rings. The van der Waals surface area contributed by atoms with Gasteiger partial charge in [0.1, 0.15) is 0 Å². The lowest BCUT2D eigenvalue weighted by atomic mass is 10.0. The normalized spacial score (nSPS) is 17.4. The molecule has 3 aromatic rings. The quantitative estimate of drug-likeness (QED) is 0.542. The highest BCUT2D eigenvalue weighted by Gasteiger charge is 2.51. The number of aromatic nitrogens is 2. The fourth-order valence-corrected chi connectivity index (χ4v) is 5.37. The van der Waals surface area contributed by atoms with Gasteiger partial charge in [0.2, 0.25) is 0 Å². The molecule has 6 nitrogen and oxygen atoms in total. The molecule has 0 spiro atoms. The van der Waals surface area contributed by atoms with Gasteiger partial charge in [0.25, 0.3) is 0 Å². The van der Waals surface area contributed by atoms with Crippen LogP contribution in [0, 0.1) is 13.8 Å². The molecular weight excluding hydrogens is 465 g/mol. The fourth-order valence-electron chi connectivity index (χ4n) is 4.41. The molecule has 182 valence electrons. The van der Waals surface area contributed by atoms with E-state index in [0.717, 1.165) is 28.2 Å². The number of rotatable bonds is 6. The number of benzene rings is 2. The van der Waals surface area contributed by atoms with Crippen LogP contribution in [-0.2, 0) is 29.5 Å². The minimum atomic E-state index is -5.51. The zero-order valence-electron chi connectivity index (χ0n) is 19.0. The first kappa shape index (κ1) is 24.3. The van der Waals surface area contributed by atoms with Gasteiger partial charge in [-0.3, -0.25) is 0 Å². The first-order valence-corrected chi connectivity index (χ1v) is 12.5. The molecule has 2 heterocycles. The lowest BCUT2D eigenvalue weighted by Crippen LogP contribution is -2.47. The number of nitrogens with one attached hydrogen (secondary N) is 1. The monoisotopic (exact) mass is 492 g/mol. The molecule has 1 N–H and O–H groups in total. The minimum Gasteiger partial charge on any atom is -0.361 e. The number of alkyl halides is 3. The van der Waals surface area contributed by atoms with Crippen molar-refractivity contribution in [3.8, 4) is 0 Å². The van der Waals surface area contributed by atoms with Crippen LogP contribution in [0.2, 0.25) is 0 Å². The molecule has 10 heteroatoms. The van der Waals surface area contributed by atoms with Gasteiger partial charge in [0.05, 0.1) is 18.6 Å². The maximum Gasteiger partial charge on any atom is 0.511 e. The Morgan fingerprint density at radius 1 is 1.09 bits per heavy atom.